The van der Waals surface area contributed by atoms with Crippen LogP contribution >= 0.6 is 11.8 Å². The van der Waals surface area contributed by atoms with E-state index in [0.717, 1.165) is 19.4 Å². The zero-order valence-electron chi connectivity index (χ0n) is 10.6. The Balaban J connectivity index is 2.14. The number of sulfonamides is 1. The lowest BCUT2D eigenvalue weighted by molar-refractivity contribution is 0.569. The van der Waals surface area contributed by atoms with Gasteiger partial charge < -0.3 is 5.32 Å². The summed E-state index contributed by atoms with van der Waals surface area (Å²) < 4.78 is 26.1. The zero-order chi connectivity index (χ0) is 12.6. The molecular weight excluding hydrogens is 256 g/mol. The van der Waals surface area contributed by atoms with E-state index in [2.05, 4.69) is 17.0 Å². The summed E-state index contributed by atoms with van der Waals surface area (Å²) >= 11 is 1.89. The van der Waals surface area contributed by atoms with Gasteiger partial charge in [-0.3, -0.25) is 0 Å². The second-order valence-electron chi connectivity index (χ2n) is 4.41. The molecule has 1 heterocycles. The third kappa shape index (κ3) is 7.28. The highest BCUT2D eigenvalue weighted by molar-refractivity contribution is 8.00. The van der Waals surface area contributed by atoms with Crippen LogP contribution in [0.2, 0.25) is 0 Å². The summed E-state index contributed by atoms with van der Waals surface area (Å²) in [4.78, 5) is 0. The van der Waals surface area contributed by atoms with Crippen molar-refractivity contribution in [2.45, 2.75) is 37.9 Å². The van der Waals surface area contributed by atoms with E-state index in [0.29, 0.717) is 18.3 Å². The van der Waals surface area contributed by atoms with Crippen LogP contribution in [-0.2, 0) is 10.0 Å². The Kier molecular flexibility index (Phi) is 7.50. The summed E-state index contributed by atoms with van der Waals surface area (Å²) in [5, 5.41) is 3.58. The summed E-state index contributed by atoms with van der Waals surface area (Å²) in [5.74, 6) is 1.36. The minimum Gasteiger partial charge on any atom is -0.316 e. The van der Waals surface area contributed by atoms with Gasteiger partial charge in [0.2, 0.25) is 10.0 Å². The number of hydrogen-bond donors (Lipinski definition) is 2. The zero-order valence-corrected chi connectivity index (χ0v) is 12.2. The lowest BCUT2D eigenvalue weighted by atomic mass is 10.2. The predicted molar refractivity (Wildman–Crippen MR) is 75.0 cm³/mol. The first-order valence-electron chi connectivity index (χ1n) is 6.43. The molecule has 0 aromatic rings. The molecular formula is C11H24N2O2S2. The average molecular weight is 280 g/mol. The van der Waals surface area contributed by atoms with E-state index >= 15 is 0 Å². The molecule has 4 nitrogen and oxygen atoms in total. The Morgan fingerprint density at radius 1 is 1.29 bits per heavy atom. The standard InChI is InChI=1S/C11H24N2O2S2/c1-2-6-12-7-9-17(14,15)13-10-11-5-3-4-8-16-11/h11-13H,2-10H2,1H3. The maximum Gasteiger partial charge on any atom is 0.212 e. The van der Waals surface area contributed by atoms with Gasteiger partial charge in [0.05, 0.1) is 5.75 Å². The Labute approximate surface area is 109 Å². The van der Waals surface area contributed by atoms with Crippen LogP contribution in [0.15, 0.2) is 0 Å². The highest BCUT2D eigenvalue weighted by atomic mass is 32.2. The first kappa shape index (κ1) is 15.3. The van der Waals surface area contributed by atoms with Gasteiger partial charge in [0.15, 0.2) is 0 Å². The van der Waals surface area contributed by atoms with E-state index in [4.69, 9.17) is 0 Å². The molecule has 1 aliphatic rings. The van der Waals surface area contributed by atoms with Gasteiger partial charge in [-0.2, -0.15) is 11.8 Å². The van der Waals surface area contributed by atoms with Gasteiger partial charge in [-0.25, -0.2) is 13.1 Å². The van der Waals surface area contributed by atoms with Crippen molar-refractivity contribution < 1.29 is 8.42 Å². The lowest BCUT2D eigenvalue weighted by Crippen LogP contribution is -2.36. The van der Waals surface area contributed by atoms with Crippen molar-refractivity contribution in [1.29, 1.82) is 0 Å². The molecule has 1 rings (SSSR count). The van der Waals surface area contributed by atoms with Crippen LogP contribution in [0.25, 0.3) is 0 Å². The van der Waals surface area contributed by atoms with Gasteiger partial charge in [0.1, 0.15) is 0 Å². The molecule has 1 fully saturated rings. The van der Waals surface area contributed by atoms with Gasteiger partial charge in [0, 0.05) is 18.3 Å². The number of hydrogen-bond acceptors (Lipinski definition) is 4. The Bertz CT molecular complexity index is 288. The highest BCUT2D eigenvalue weighted by Gasteiger charge is 2.17. The molecule has 6 heteroatoms. The first-order valence-corrected chi connectivity index (χ1v) is 9.14. The fraction of sp³-hybridized carbons (Fsp3) is 1.00. The molecule has 102 valence electrons. The predicted octanol–water partition coefficient (Wildman–Crippen LogP) is 1.19. The molecule has 0 radical (unpaired) electrons. The van der Waals surface area contributed by atoms with Crippen molar-refractivity contribution in [3.8, 4) is 0 Å². The fourth-order valence-corrected chi connectivity index (χ4v) is 4.13. The van der Waals surface area contributed by atoms with Gasteiger partial charge in [-0.1, -0.05) is 13.3 Å². The highest BCUT2D eigenvalue weighted by Crippen LogP contribution is 2.24. The summed E-state index contributed by atoms with van der Waals surface area (Å²) in [6.45, 7) is 4.09. The summed E-state index contributed by atoms with van der Waals surface area (Å²) in [6, 6.07) is 0. The minimum absolute atomic E-state index is 0.185. The third-order valence-electron chi connectivity index (χ3n) is 2.78. The Morgan fingerprint density at radius 3 is 2.76 bits per heavy atom. The van der Waals surface area contributed by atoms with E-state index < -0.39 is 10.0 Å². The van der Waals surface area contributed by atoms with E-state index in [1.807, 2.05) is 11.8 Å². The maximum atomic E-state index is 11.7. The minimum atomic E-state index is -3.09. The van der Waals surface area contributed by atoms with E-state index in [-0.39, 0.29) is 5.75 Å². The summed E-state index contributed by atoms with van der Waals surface area (Å²) in [5.41, 5.74) is 0. The van der Waals surface area contributed by atoms with Gasteiger partial charge in [0.25, 0.3) is 0 Å². The van der Waals surface area contributed by atoms with Crippen molar-refractivity contribution in [1.82, 2.24) is 10.0 Å². The Morgan fingerprint density at radius 2 is 2.12 bits per heavy atom. The summed E-state index contributed by atoms with van der Waals surface area (Å²) in [6.07, 6.45) is 4.68. The summed E-state index contributed by atoms with van der Waals surface area (Å²) in [7, 11) is -3.09. The van der Waals surface area contributed by atoms with Gasteiger partial charge >= 0.3 is 0 Å². The monoisotopic (exact) mass is 280 g/mol. The van der Waals surface area contributed by atoms with Crippen molar-refractivity contribution in [2.75, 3.05) is 31.1 Å². The molecule has 17 heavy (non-hydrogen) atoms. The molecule has 0 spiro atoms. The van der Waals surface area contributed by atoms with Crippen LogP contribution in [0.1, 0.15) is 32.6 Å². The van der Waals surface area contributed by atoms with Crippen molar-refractivity contribution >= 4 is 21.8 Å². The Hall–Kier alpha value is 0.220. The largest absolute Gasteiger partial charge is 0.316 e. The van der Waals surface area contributed by atoms with Crippen LogP contribution in [-0.4, -0.2) is 44.8 Å². The second kappa shape index (κ2) is 8.34. The second-order valence-corrected chi connectivity index (χ2v) is 7.74. The molecule has 1 aliphatic heterocycles. The molecule has 0 aliphatic carbocycles. The molecule has 0 aromatic carbocycles. The molecule has 0 aromatic heterocycles. The topological polar surface area (TPSA) is 58.2 Å². The van der Waals surface area contributed by atoms with Crippen LogP contribution in [0.3, 0.4) is 0 Å². The molecule has 0 amide bonds. The molecule has 0 bridgehead atoms. The fourth-order valence-electron chi connectivity index (χ4n) is 1.77. The normalized spacial score (nSPS) is 21.6. The smallest absolute Gasteiger partial charge is 0.212 e. The molecule has 1 atom stereocenters. The average Bonchev–Trinajstić information content (AvgIpc) is 2.34. The molecule has 2 N–H and O–H groups in total. The van der Waals surface area contributed by atoms with Crippen LogP contribution in [0.5, 0.6) is 0 Å². The van der Waals surface area contributed by atoms with Crippen molar-refractivity contribution in [3.63, 3.8) is 0 Å². The number of thioether (sulfide) groups is 1. The number of rotatable bonds is 8. The maximum absolute atomic E-state index is 11.7. The van der Waals surface area contributed by atoms with Crippen LogP contribution in [0, 0.1) is 0 Å². The van der Waals surface area contributed by atoms with Crippen molar-refractivity contribution in [3.05, 3.63) is 0 Å². The van der Waals surface area contributed by atoms with Crippen LogP contribution < -0.4 is 10.0 Å². The van der Waals surface area contributed by atoms with E-state index in [9.17, 15) is 8.42 Å². The third-order valence-corrected chi connectivity index (χ3v) is 5.53. The number of nitrogens with one attached hydrogen (secondary N) is 2. The van der Waals surface area contributed by atoms with E-state index in [1.54, 1.807) is 0 Å². The van der Waals surface area contributed by atoms with E-state index in [1.165, 1.54) is 18.6 Å². The SMILES string of the molecule is CCCNCCS(=O)(=O)NCC1CCCCS1. The molecule has 1 saturated heterocycles. The van der Waals surface area contributed by atoms with Crippen LogP contribution in [0.4, 0.5) is 0 Å². The quantitative estimate of drug-likeness (QED) is 0.656. The van der Waals surface area contributed by atoms with Gasteiger partial charge in [-0.05, 0) is 31.6 Å². The molecule has 1 unspecified atom stereocenters. The molecule has 0 saturated carbocycles. The van der Waals surface area contributed by atoms with Crippen molar-refractivity contribution in [2.24, 2.45) is 0 Å². The van der Waals surface area contributed by atoms with Gasteiger partial charge in [-0.15, -0.1) is 0 Å². The first-order chi connectivity index (χ1) is 8.14. The lowest BCUT2D eigenvalue weighted by Gasteiger charge is -2.21.